The van der Waals surface area contributed by atoms with Crippen molar-refractivity contribution in [3.8, 4) is 0 Å². The van der Waals surface area contributed by atoms with E-state index in [1.165, 1.54) is 6.26 Å². The van der Waals surface area contributed by atoms with Gasteiger partial charge in [-0.1, -0.05) is 13.8 Å². The Bertz CT molecular complexity index is 255. The van der Waals surface area contributed by atoms with Gasteiger partial charge in [-0.3, -0.25) is 0 Å². The van der Waals surface area contributed by atoms with Crippen LogP contribution >= 0.6 is 11.6 Å². The first kappa shape index (κ1) is 14.2. The summed E-state index contributed by atoms with van der Waals surface area (Å²) < 4.78 is 21.8. The van der Waals surface area contributed by atoms with Crippen molar-refractivity contribution in [1.82, 2.24) is 0 Å². The maximum absolute atomic E-state index is 10.9. The number of alkyl halides is 1. The Hall–Kier alpha value is 0.240. The number of hydrogen-bond acceptors (Lipinski definition) is 2. The standard InChI is InChI=1S/C10H21ClO2S/c1-9(11)8-10(2,3)6-5-7-14(4,12)13/h9H,5-8H2,1-4H3. The Morgan fingerprint density at radius 3 is 2.21 bits per heavy atom. The molecule has 0 radical (unpaired) electrons. The summed E-state index contributed by atoms with van der Waals surface area (Å²) in [6.07, 6.45) is 3.86. The van der Waals surface area contributed by atoms with Crippen LogP contribution in [0.1, 0.15) is 40.0 Å². The summed E-state index contributed by atoms with van der Waals surface area (Å²) in [7, 11) is -2.81. The SMILES string of the molecule is CC(Cl)CC(C)(C)CCCS(C)(=O)=O. The van der Waals surface area contributed by atoms with Crippen LogP contribution < -0.4 is 0 Å². The molecule has 86 valence electrons. The Morgan fingerprint density at radius 1 is 1.36 bits per heavy atom. The summed E-state index contributed by atoms with van der Waals surface area (Å²) in [5.74, 6) is 0.285. The third-order valence-electron chi connectivity index (χ3n) is 2.20. The van der Waals surface area contributed by atoms with Crippen molar-refractivity contribution in [3.05, 3.63) is 0 Å². The maximum Gasteiger partial charge on any atom is 0.147 e. The molecular formula is C10H21ClO2S. The fraction of sp³-hybridized carbons (Fsp3) is 1.00. The molecule has 0 aliphatic rings. The molecule has 0 spiro atoms. The van der Waals surface area contributed by atoms with Gasteiger partial charge in [0.1, 0.15) is 9.84 Å². The summed E-state index contributed by atoms with van der Waals surface area (Å²) in [5, 5.41) is 0.156. The largest absolute Gasteiger partial charge is 0.229 e. The van der Waals surface area contributed by atoms with E-state index in [9.17, 15) is 8.42 Å². The van der Waals surface area contributed by atoms with Crippen LogP contribution in [0.5, 0.6) is 0 Å². The monoisotopic (exact) mass is 240 g/mol. The van der Waals surface area contributed by atoms with Gasteiger partial charge in [0.25, 0.3) is 0 Å². The predicted octanol–water partition coefficient (Wildman–Crippen LogP) is 2.85. The minimum Gasteiger partial charge on any atom is -0.229 e. The van der Waals surface area contributed by atoms with Crippen LogP contribution in [0.4, 0.5) is 0 Å². The first-order valence-electron chi connectivity index (χ1n) is 4.94. The molecule has 4 heteroatoms. The van der Waals surface area contributed by atoms with Gasteiger partial charge in [-0.2, -0.15) is 0 Å². The molecule has 0 aromatic carbocycles. The molecule has 0 saturated carbocycles. The highest BCUT2D eigenvalue weighted by atomic mass is 35.5. The third kappa shape index (κ3) is 8.82. The summed E-state index contributed by atoms with van der Waals surface area (Å²) in [5.41, 5.74) is 0.145. The van der Waals surface area contributed by atoms with E-state index in [4.69, 9.17) is 11.6 Å². The molecule has 0 aliphatic carbocycles. The van der Waals surface area contributed by atoms with E-state index < -0.39 is 9.84 Å². The van der Waals surface area contributed by atoms with Gasteiger partial charge in [-0.25, -0.2) is 8.42 Å². The van der Waals surface area contributed by atoms with Gasteiger partial charge in [0, 0.05) is 17.4 Å². The minimum absolute atomic E-state index is 0.145. The molecule has 1 atom stereocenters. The molecule has 1 unspecified atom stereocenters. The number of halogens is 1. The van der Waals surface area contributed by atoms with Crippen molar-refractivity contribution < 1.29 is 8.42 Å². The minimum atomic E-state index is -2.81. The number of hydrogen-bond donors (Lipinski definition) is 0. The van der Waals surface area contributed by atoms with E-state index in [-0.39, 0.29) is 16.5 Å². The summed E-state index contributed by atoms with van der Waals surface area (Å²) >= 11 is 5.91. The van der Waals surface area contributed by atoms with Crippen LogP contribution in [0.3, 0.4) is 0 Å². The van der Waals surface area contributed by atoms with Gasteiger partial charge >= 0.3 is 0 Å². The quantitative estimate of drug-likeness (QED) is 0.669. The second kappa shape index (κ2) is 5.36. The summed E-state index contributed by atoms with van der Waals surface area (Å²) in [6.45, 7) is 6.24. The molecule has 0 N–H and O–H groups in total. The number of rotatable bonds is 6. The topological polar surface area (TPSA) is 34.1 Å². The van der Waals surface area contributed by atoms with Crippen molar-refractivity contribution >= 4 is 21.4 Å². The fourth-order valence-corrected chi connectivity index (χ4v) is 2.76. The van der Waals surface area contributed by atoms with Gasteiger partial charge in [0.2, 0.25) is 0 Å². The molecule has 0 aliphatic heterocycles. The molecule has 0 aromatic rings. The van der Waals surface area contributed by atoms with E-state index in [0.717, 1.165) is 19.3 Å². The van der Waals surface area contributed by atoms with Gasteiger partial charge in [0.05, 0.1) is 0 Å². The lowest BCUT2D eigenvalue weighted by Crippen LogP contribution is -2.17. The highest BCUT2D eigenvalue weighted by Gasteiger charge is 2.20. The van der Waals surface area contributed by atoms with E-state index in [1.807, 2.05) is 6.92 Å². The summed E-state index contributed by atoms with van der Waals surface area (Å²) in [4.78, 5) is 0. The molecule has 0 aromatic heterocycles. The first-order chi connectivity index (χ1) is 6.12. The zero-order valence-corrected chi connectivity index (χ0v) is 11.1. The van der Waals surface area contributed by atoms with Crippen molar-refractivity contribution in [2.45, 2.75) is 45.4 Å². The Morgan fingerprint density at radius 2 is 1.86 bits per heavy atom. The molecule has 0 bridgehead atoms. The lowest BCUT2D eigenvalue weighted by atomic mass is 9.83. The van der Waals surface area contributed by atoms with Gasteiger partial charge < -0.3 is 0 Å². The highest BCUT2D eigenvalue weighted by molar-refractivity contribution is 7.90. The molecule has 0 amide bonds. The van der Waals surface area contributed by atoms with Crippen LogP contribution in [0.25, 0.3) is 0 Å². The molecule has 0 fully saturated rings. The fourth-order valence-electron chi connectivity index (χ4n) is 1.68. The molecule has 0 rings (SSSR count). The van der Waals surface area contributed by atoms with Crippen molar-refractivity contribution in [2.24, 2.45) is 5.41 Å². The van der Waals surface area contributed by atoms with E-state index in [0.29, 0.717) is 0 Å². The van der Waals surface area contributed by atoms with Crippen molar-refractivity contribution in [2.75, 3.05) is 12.0 Å². The zero-order chi connectivity index (χ0) is 11.4. The normalized spacial score (nSPS) is 15.5. The lowest BCUT2D eigenvalue weighted by molar-refractivity contribution is 0.304. The van der Waals surface area contributed by atoms with Crippen LogP contribution in [0.15, 0.2) is 0 Å². The third-order valence-corrected chi connectivity index (χ3v) is 3.39. The van der Waals surface area contributed by atoms with Crippen LogP contribution in [-0.4, -0.2) is 25.8 Å². The second-order valence-corrected chi connectivity index (χ2v) is 7.89. The smallest absolute Gasteiger partial charge is 0.147 e. The number of sulfone groups is 1. The van der Waals surface area contributed by atoms with Gasteiger partial charge in [-0.05, 0) is 31.6 Å². The zero-order valence-electron chi connectivity index (χ0n) is 9.51. The lowest BCUT2D eigenvalue weighted by Gasteiger charge is -2.25. The van der Waals surface area contributed by atoms with Gasteiger partial charge in [-0.15, -0.1) is 11.6 Å². The molecule has 0 heterocycles. The molecule has 2 nitrogen and oxygen atoms in total. The van der Waals surface area contributed by atoms with E-state index >= 15 is 0 Å². The second-order valence-electron chi connectivity index (χ2n) is 4.88. The van der Waals surface area contributed by atoms with Crippen LogP contribution in [0, 0.1) is 5.41 Å². The van der Waals surface area contributed by atoms with E-state index in [2.05, 4.69) is 13.8 Å². The van der Waals surface area contributed by atoms with E-state index in [1.54, 1.807) is 0 Å². The Kier molecular flexibility index (Phi) is 5.45. The Labute approximate surface area is 93.0 Å². The van der Waals surface area contributed by atoms with Crippen LogP contribution in [0.2, 0.25) is 0 Å². The van der Waals surface area contributed by atoms with Gasteiger partial charge in [0.15, 0.2) is 0 Å². The molecule has 0 saturated heterocycles. The van der Waals surface area contributed by atoms with Crippen molar-refractivity contribution in [1.29, 1.82) is 0 Å². The molecule has 14 heavy (non-hydrogen) atoms. The van der Waals surface area contributed by atoms with Crippen molar-refractivity contribution in [3.63, 3.8) is 0 Å². The predicted molar refractivity (Wildman–Crippen MR) is 62.7 cm³/mol. The Balaban J connectivity index is 3.88. The summed E-state index contributed by atoms with van der Waals surface area (Å²) in [6, 6.07) is 0. The highest BCUT2D eigenvalue weighted by Crippen LogP contribution is 2.30. The average Bonchev–Trinajstić information content (AvgIpc) is 1.78. The first-order valence-corrected chi connectivity index (χ1v) is 7.44. The van der Waals surface area contributed by atoms with Crippen LogP contribution in [-0.2, 0) is 9.84 Å². The maximum atomic E-state index is 10.9. The average molecular weight is 241 g/mol. The molecular weight excluding hydrogens is 220 g/mol.